The summed E-state index contributed by atoms with van der Waals surface area (Å²) in [6.07, 6.45) is 0. The van der Waals surface area contributed by atoms with Crippen LogP contribution in [-0.4, -0.2) is 91.6 Å². The summed E-state index contributed by atoms with van der Waals surface area (Å²) in [5, 5.41) is 14.8. The Kier molecular flexibility index (Phi) is 11.0. The first-order valence-electron chi connectivity index (χ1n) is 11.8. The summed E-state index contributed by atoms with van der Waals surface area (Å²) >= 11 is 0. The Morgan fingerprint density at radius 3 is 1.19 bits per heavy atom. The lowest BCUT2D eigenvalue weighted by Crippen LogP contribution is -2.51. The van der Waals surface area contributed by atoms with Crippen LogP contribution in [0.5, 0.6) is 0 Å². The fraction of sp³-hybridized carbons (Fsp3) is 0.417. The highest BCUT2D eigenvalue weighted by Gasteiger charge is 2.19. The van der Waals surface area contributed by atoms with E-state index in [2.05, 4.69) is 72.2 Å². The van der Waals surface area contributed by atoms with E-state index in [-0.39, 0.29) is 11.9 Å². The molecule has 0 aliphatic carbocycles. The molecular weight excluding hydrogens is 496 g/mol. The number of rotatable bonds is 2. The molecule has 37 heavy (non-hydrogen) atoms. The van der Waals surface area contributed by atoms with E-state index in [0.717, 1.165) is 52.4 Å². The van der Waals surface area contributed by atoms with E-state index in [9.17, 15) is 0 Å². The molecule has 0 radical (unpaired) electrons. The molecule has 0 amide bonds. The third kappa shape index (κ3) is 10.1. The molecule has 0 unspecified atom stereocenters. The van der Waals surface area contributed by atoms with Gasteiger partial charge in [-0.1, -0.05) is 36.4 Å². The van der Waals surface area contributed by atoms with Crippen molar-refractivity contribution in [2.24, 2.45) is 11.5 Å². The van der Waals surface area contributed by atoms with Gasteiger partial charge < -0.3 is 40.2 Å². The van der Waals surface area contributed by atoms with Gasteiger partial charge in [-0.05, 0) is 37.1 Å². The third-order valence-electron chi connectivity index (χ3n) is 6.15. The number of anilines is 2. The number of piperazine rings is 2. The Labute approximate surface area is 219 Å². The van der Waals surface area contributed by atoms with Gasteiger partial charge in [-0.25, -0.2) is 0 Å². The second-order valence-corrected chi connectivity index (χ2v) is 9.52. The van der Waals surface area contributed by atoms with E-state index in [1.165, 1.54) is 22.5 Å². The summed E-state index contributed by atoms with van der Waals surface area (Å²) < 4.78 is 34.1. The minimum Gasteiger partial charge on any atom is -0.759 e. The monoisotopic (exact) mass is 532 g/mol. The highest BCUT2D eigenvalue weighted by Crippen LogP contribution is 2.21. The number of nitrogens with two attached hydrogens (primary N) is 2. The quantitative estimate of drug-likeness (QED) is 0.185. The topological polar surface area (TPSA) is 193 Å². The van der Waals surface area contributed by atoms with Crippen molar-refractivity contribution in [3.63, 3.8) is 0 Å². The first-order valence-corrected chi connectivity index (χ1v) is 13.2. The highest BCUT2D eigenvalue weighted by molar-refractivity contribution is 7.79. The Morgan fingerprint density at radius 1 is 0.676 bits per heavy atom. The van der Waals surface area contributed by atoms with Crippen LogP contribution in [0.1, 0.15) is 11.1 Å². The molecule has 13 heteroatoms. The van der Waals surface area contributed by atoms with Crippen molar-refractivity contribution in [3.05, 3.63) is 59.7 Å². The standard InChI is InChI=1S/2C12H18N4.H2O4S/c2*1-10-4-2-3-5-11(10)15-6-8-16(9-7-15)12(13)14;1-5(2,3)4/h2*2-5H,6-9H2,1H3,(H3,13,14);(H2,1,2,3,4)/p-2. The number of nitrogens with one attached hydrogen (secondary N) is 2. The summed E-state index contributed by atoms with van der Waals surface area (Å²) in [6.45, 7) is 11.4. The Morgan fingerprint density at radius 2 is 0.946 bits per heavy atom. The minimum atomic E-state index is -5.17. The van der Waals surface area contributed by atoms with Crippen LogP contribution in [0.4, 0.5) is 11.4 Å². The predicted molar refractivity (Wildman–Crippen MR) is 144 cm³/mol. The van der Waals surface area contributed by atoms with Crippen molar-refractivity contribution in [2.75, 3.05) is 62.2 Å². The van der Waals surface area contributed by atoms with Crippen LogP contribution in [0.3, 0.4) is 0 Å². The number of guanidine groups is 2. The van der Waals surface area contributed by atoms with Gasteiger partial charge in [0.2, 0.25) is 0 Å². The van der Waals surface area contributed by atoms with E-state index in [1.54, 1.807) is 0 Å². The van der Waals surface area contributed by atoms with E-state index in [0.29, 0.717) is 0 Å². The number of hydrogen-bond acceptors (Lipinski definition) is 8. The average molecular weight is 533 g/mol. The molecule has 0 bridgehead atoms. The molecule has 0 aromatic heterocycles. The van der Waals surface area contributed by atoms with E-state index in [1.807, 2.05) is 9.80 Å². The second-order valence-electron chi connectivity index (χ2n) is 8.70. The number of aryl methyl sites for hydroxylation is 2. The lowest BCUT2D eigenvalue weighted by atomic mass is 10.1. The number of nitrogens with zero attached hydrogens (tertiary/aromatic N) is 4. The Bertz CT molecular complexity index is 1060. The Balaban J connectivity index is 0.000000221. The molecule has 2 aliphatic rings. The minimum absolute atomic E-state index is 0.185. The SMILES string of the molecule is Cc1ccccc1N1CCN(C(=N)N)CC1.Cc1ccccc1N1CCN(C(=N)N)CC1.O=S(=O)([O-])[O-]. The highest BCUT2D eigenvalue weighted by atomic mass is 32.3. The molecule has 2 heterocycles. The van der Waals surface area contributed by atoms with Crippen LogP contribution < -0.4 is 21.3 Å². The molecule has 0 saturated carbocycles. The van der Waals surface area contributed by atoms with Crippen molar-refractivity contribution in [1.82, 2.24) is 9.80 Å². The van der Waals surface area contributed by atoms with Crippen molar-refractivity contribution in [2.45, 2.75) is 13.8 Å². The molecule has 0 atom stereocenters. The number of para-hydroxylation sites is 2. The molecular formula is C24H36N8O4S-2. The summed E-state index contributed by atoms with van der Waals surface area (Å²) in [5.41, 5.74) is 16.1. The maximum Gasteiger partial charge on any atom is 0.188 e. The summed E-state index contributed by atoms with van der Waals surface area (Å²) in [4.78, 5) is 8.53. The normalized spacial score (nSPS) is 15.7. The van der Waals surface area contributed by atoms with Crippen LogP contribution in [0.25, 0.3) is 0 Å². The van der Waals surface area contributed by atoms with Crippen molar-refractivity contribution in [3.8, 4) is 0 Å². The first-order chi connectivity index (χ1) is 17.4. The molecule has 2 fully saturated rings. The Hall–Kier alpha value is -3.55. The van der Waals surface area contributed by atoms with Crippen molar-refractivity contribution in [1.29, 1.82) is 10.8 Å². The van der Waals surface area contributed by atoms with Gasteiger partial charge in [0, 0.05) is 74.1 Å². The molecule has 12 nitrogen and oxygen atoms in total. The maximum absolute atomic E-state index is 8.52. The maximum atomic E-state index is 8.52. The zero-order chi connectivity index (χ0) is 27.6. The van der Waals surface area contributed by atoms with Crippen molar-refractivity contribution < 1.29 is 17.5 Å². The van der Waals surface area contributed by atoms with Gasteiger partial charge in [0.15, 0.2) is 11.9 Å². The molecule has 4 rings (SSSR count). The van der Waals surface area contributed by atoms with Crippen LogP contribution >= 0.6 is 0 Å². The van der Waals surface area contributed by atoms with Crippen LogP contribution in [0, 0.1) is 24.7 Å². The van der Waals surface area contributed by atoms with E-state index < -0.39 is 10.4 Å². The van der Waals surface area contributed by atoms with Gasteiger partial charge in [0.25, 0.3) is 0 Å². The predicted octanol–water partition coefficient (Wildman–Crippen LogP) is 0.683. The number of benzene rings is 2. The molecule has 204 valence electrons. The molecule has 2 aliphatic heterocycles. The van der Waals surface area contributed by atoms with Crippen molar-refractivity contribution >= 4 is 33.7 Å². The van der Waals surface area contributed by atoms with Gasteiger partial charge in [-0.2, -0.15) is 0 Å². The van der Waals surface area contributed by atoms with Crippen LogP contribution in [0.2, 0.25) is 0 Å². The summed E-state index contributed by atoms with van der Waals surface area (Å²) in [7, 11) is -5.17. The summed E-state index contributed by atoms with van der Waals surface area (Å²) in [6, 6.07) is 16.8. The zero-order valence-corrected chi connectivity index (χ0v) is 22.1. The van der Waals surface area contributed by atoms with Crippen LogP contribution in [-0.2, 0) is 10.4 Å². The van der Waals surface area contributed by atoms with Gasteiger partial charge in [0.1, 0.15) is 0 Å². The fourth-order valence-corrected chi connectivity index (χ4v) is 4.21. The van der Waals surface area contributed by atoms with E-state index in [4.69, 9.17) is 39.8 Å². The smallest absolute Gasteiger partial charge is 0.188 e. The summed E-state index contributed by atoms with van der Waals surface area (Å²) in [5.74, 6) is 0.369. The molecule has 2 aromatic carbocycles. The fourth-order valence-electron chi connectivity index (χ4n) is 4.21. The first kappa shape index (κ1) is 29.7. The third-order valence-corrected chi connectivity index (χ3v) is 6.15. The molecule has 2 saturated heterocycles. The second kappa shape index (κ2) is 13.7. The zero-order valence-electron chi connectivity index (χ0n) is 21.3. The van der Waals surface area contributed by atoms with Gasteiger partial charge in [-0.3, -0.25) is 19.2 Å². The average Bonchev–Trinajstić information content (AvgIpc) is 2.84. The molecule has 0 spiro atoms. The van der Waals surface area contributed by atoms with Gasteiger partial charge in [0.05, 0.1) is 0 Å². The van der Waals surface area contributed by atoms with Gasteiger partial charge in [-0.15, -0.1) is 0 Å². The number of hydrogen-bond donors (Lipinski definition) is 4. The lowest BCUT2D eigenvalue weighted by molar-refractivity contribution is 0.352. The van der Waals surface area contributed by atoms with Crippen LogP contribution in [0.15, 0.2) is 48.5 Å². The molecule has 2 aromatic rings. The largest absolute Gasteiger partial charge is 0.759 e. The molecule has 6 N–H and O–H groups in total. The lowest BCUT2D eigenvalue weighted by Gasteiger charge is -2.36. The van der Waals surface area contributed by atoms with E-state index >= 15 is 0 Å². The van der Waals surface area contributed by atoms with Gasteiger partial charge >= 0.3 is 0 Å².